The number of hydrogen-bond acceptors (Lipinski definition) is 5. The van der Waals surface area contributed by atoms with Gasteiger partial charge in [-0.1, -0.05) is 0 Å². The van der Waals surface area contributed by atoms with Crippen LogP contribution < -0.4 is 11.2 Å². The van der Waals surface area contributed by atoms with E-state index in [1.807, 2.05) is 0 Å². The molecule has 0 bridgehead atoms. The van der Waals surface area contributed by atoms with Crippen molar-refractivity contribution >= 4 is 6.41 Å². The molecular formula is C7H16N2O4. The summed E-state index contributed by atoms with van der Waals surface area (Å²) in [6.45, 7) is 2.87. The molecule has 0 aromatic heterocycles. The van der Waals surface area contributed by atoms with E-state index in [1.54, 1.807) is 0 Å². The summed E-state index contributed by atoms with van der Waals surface area (Å²) < 4.78 is 10.2. The third-order valence-corrected chi connectivity index (χ3v) is 1.19. The van der Waals surface area contributed by atoms with Crippen LogP contribution in [0.15, 0.2) is 0 Å². The minimum absolute atomic E-state index is 0.382. The molecule has 0 radical (unpaired) electrons. The third-order valence-electron chi connectivity index (χ3n) is 1.19. The monoisotopic (exact) mass is 192 g/mol. The van der Waals surface area contributed by atoms with Gasteiger partial charge in [0.25, 0.3) is 0 Å². The number of carbonyl (C=O) groups excluding carboxylic acids is 1. The highest BCUT2D eigenvalue weighted by Crippen LogP contribution is 1.78. The van der Waals surface area contributed by atoms with E-state index >= 15 is 0 Å². The predicted molar refractivity (Wildman–Crippen MR) is 45.8 cm³/mol. The van der Waals surface area contributed by atoms with Crippen LogP contribution in [0.25, 0.3) is 0 Å². The van der Waals surface area contributed by atoms with E-state index in [-0.39, 0.29) is 0 Å². The standard InChI is InChI=1S/C7H16N2O4/c8-13-6-5-12-4-3-11-2-1-9-7-10/h7H,1-6,8H2,(H,9,10). The first-order valence-corrected chi connectivity index (χ1v) is 4.06. The summed E-state index contributed by atoms with van der Waals surface area (Å²) in [6.07, 6.45) is 0.637. The molecule has 0 aliphatic rings. The Morgan fingerprint density at radius 2 is 1.69 bits per heavy atom. The van der Waals surface area contributed by atoms with E-state index in [1.165, 1.54) is 0 Å². The number of rotatable bonds is 10. The van der Waals surface area contributed by atoms with Gasteiger partial charge in [0, 0.05) is 6.54 Å². The van der Waals surface area contributed by atoms with Crippen molar-refractivity contribution in [2.45, 2.75) is 0 Å². The Hall–Kier alpha value is -0.690. The average molecular weight is 192 g/mol. The molecule has 0 saturated carbocycles. The number of nitrogens with two attached hydrogens (primary N) is 1. The Bertz CT molecular complexity index is 113. The normalized spacial score (nSPS) is 9.92. The van der Waals surface area contributed by atoms with Gasteiger partial charge in [0.1, 0.15) is 0 Å². The smallest absolute Gasteiger partial charge is 0.207 e. The minimum atomic E-state index is 0.382. The maximum Gasteiger partial charge on any atom is 0.207 e. The third kappa shape index (κ3) is 11.3. The summed E-state index contributed by atoms with van der Waals surface area (Å²) in [4.78, 5) is 14.1. The molecule has 6 heteroatoms. The van der Waals surface area contributed by atoms with E-state index in [0.29, 0.717) is 46.0 Å². The molecule has 0 aromatic carbocycles. The molecule has 0 aliphatic carbocycles. The topological polar surface area (TPSA) is 82.8 Å². The molecule has 13 heavy (non-hydrogen) atoms. The highest BCUT2D eigenvalue weighted by molar-refractivity contribution is 5.45. The zero-order valence-electron chi connectivity index (χ0n) is 7.53. The van der Waals surface area contributed by atoms with Gasteiger partial charge >= 0.3 is 0 Å². The highest BCUT2D eigenvalue weighted by atomic mass is 16.6. The maximum absolute atomic E-state index is 9.79. The minimum Gasteiger partial charge on any atom is -0.377 e. The van der Waals surface area contributed by atoms with Crippen molar-refractivity contribution in [3.8, 4) is 0 Å². The second-order valence-corrected chi connectivity index (χ2v) is 2.17. The first-order valence-electron chi connectivity index (χ1n) is 4.06. The van der Waals surface area contributed by atoms with Crippen LogP contribution >= 0.6 is 0 Å². The number of carbonyl (C=O) groups is 1. The van der Waals surface area contributed by atoms with Gasteiger partial charge in [-0.2, -0.15) is 0 Å². The fraction of sp³-hybridized carbons (Fsp3) is 0.857. The van der Waals surface area contributed by atoms with E-state index in [4.69, 9.17) is 15.4 Å². The molecular weight excluding hydrogens is 176 g/mol. The first kappa shape index (κ1) is 12.3. The summed E-state index contributed by atoms with van der Waals surface area (Å²) in [5.41, 5.74) is 0. The molecule has 6 nitrogen and oxygen atoms in total. The molecule has 0 spiro atoms. The van der Waals surface area contributed by atoms with Crippen molar-refractivity contribution in [1.82, 2.24) is 5.32 Å². The van der Waals surface area contributed by atoms with E-state index in [0.717, 1.165) is 0 Å². The second-order valence-electron chi connectivity index (χ2n) is 2.17. The molecule has 0 aromatic rings. The molecule has 0 atom stereocenters. The van der Waals surface area contributed by atoms with Gasteiger partial charge in [0.2, 0.25) is 6.41 Å². The summed E-state index contributed by atoms with van der Waals surface area (Å²) in [6, 6.07) is 0. The van der Waals surface area contributed by atoms with E-state index in [2.05, 4.69) is 10.2 Å². The van der Waals surface area contributed by atoms with Crippen molar-refractivity contribution in [2.24, 2.45) is 5.90 Å². The van der Waals surface area contributed by atoms with Crippen LogP contribution in [-0.2, 0) is 19.1 Å². The van der Waals surface area contributed by atoms with Crippen LogP contribution in [0.4, 0.5) is 0 Å². The van der Waals surface area contributed by atoms with Gasteiger partial charge in [-0.05, 0) is 0 Å². The van der Waals surface area contributed by atoms with Crippen LogP contribution in [-0.4, -0.2) is 46.0 Å². The lowest BCUT2D eigenvalue weighted by Crippen LogP contribution is -2.19. The van der Waals surface area contributed by atoms with Gasteiger partial charge in [0.15, 0.2) is 0 Å². The number of nitrogens with one attached hydrogen (secondary N) is 1. The molecule has 0 fully saturated rings. The lowest BCUT2D eigenvalue weighted by atomic mass is 10.6. The zero-order chi connectivity index (χ0) is 9.78. The van der Waals surface area contributed by atoms with Crippen molar-refractivity contribution in [1.29, 1.82) is 0 Å². The number of hydrogen-bond donors (Lipinski definition) is 2. The van der Waals surface area contributed by atoms with Gasteiger partial charge < -0.3 is 19.6 Å². The van der Waals surface area contributed by atoms with Crippen molar-refractivity contribution < 1.29 is 19.1 Å². The fourth-order valence-electron chi connectivity index (χ4n) is 0.619. The SMILES string of the molecule is NOCCOCCOCCNC=O. The molecule has 0 aliphatic heterocycles. The fourth-order valence-corrected chi connectivity index (χ4v) is 0.619. The highest BCUT2D eigenvalue weighted by Gasteiger charge is 1.89. The Morgan fingerprint density at radius 3 is 2.31 bits per heavy atom. The Morgan fingerprint density at radius 1 is 1.08 bits per heavy atom. The molecule has 0 unspecified atom stereocenters. The summed E-state index contributed by atoms with van der Waals surface area (Å²) >= 11 is 0. The van der Waals surface area contributed by atoms with Crippen molar-refractivity contribution in [2.75, 3.05) is 39.6 Å². The lowest BCUT2D eigenvalue weighted by molar-refractivity contribution is -0.109. The average Bonchev–Trinajstić information content (AvgIpc) is 2.16. The Labute approximate surface area is 77.3 Å². The van der Waals surface area contributed by atoms with Crippen LogP contribution in [0.2, 0.25) is 0 Å². The molecule has 1 amide bonds. The van der Waals surface area contributed by atoms with Gasteiger partial charge in [-0.15, -0.1) is 0 Å². The van der Waals surface area contributed by atoms with E-state index in [9.17, 15) is 4.79 Å². The lowest BCUT2D eigenvalue weighted by Gasteiger charge is -2.04. The van der Waals surface area contributed by atoms with Crippen LogP contribution in [0.1, 0.15) is 0 Å². The van der Waals surface area contributed by atoms with Gasteiger partial charge in [0.05, 0.1) is 33.0 Å². The number of amides is 1. The van der Waals surface area contributed by atoms with Crippen LogP contribution in [0.3, 0.4) is 0 Å². The van der Waals surface area contributed by atoms with Crippen LogP contribution in [0, 0.1) is 0 Å². The summed E-state index contributed by atoms with van der Waals surface area (Å²) in [7, 11) is 0. The molecule has 0 saturated heterocycles. The van der Waals surface area contributed by atoms with Crippen molar-refractivity contribution in [3.05, 3.63) is 0 Å². The summed E-state index contributed by atoms with van der Waals surface area (Å²) in [5.74, 6) is 4.77. The van der Waals surface area contributed by atoms with Gasteiger partial charge in [-0.3, -0.25) is 4.79 Å². The first-order chi connectivity index (χ1) is 6.41. The Kier molecular flexibility index (Phi) is 10.7. The molecule has 0 heterocycles. The quantitative estimate of drug-likeness (QED) is 0.254. The molecule has 0 rings (SSSR count). The number of ether oxygens (including phenoxy) is 2. The van der Waals surface area contributed by atoms with E-state index < -0.39 is 0 Å². The predicted octanol–water partition coefficient (Wildman–Crippen LogP) is -1.34. The summed E-state index contributed by atoms with van der Waals surface area (Å²) in [5, 5.41) is 2.48. The second kappa shape index (κ2) is 11.3. The van der Waals surface area contributed by atoms with Crippen LogP contribution in [0.5, 0.6) is 0 Å². The Balaban J connectivity index is 2.79. The molecule has 3 N–H and O–H groups in total. The molecule has 78 valence electrons. The van der Waals surface area contributed by atoms with Crippen molar-refractivity contribution in [3.63, 3.8) is 0 Å². The largest absolute Gasteiger partial charge is 0.377 e. The van der Waals surface area contributed by atoms with Gasteiger partial charge in [-0.25, -0.2) is 5.90 Å². The zero-order valence-corrected chi connectivity index (χ0v) is 7.53. The maximum atomic E-state index is 9.79.